The Balaban J connectivity index is 2.35. The molecule has 1 rings (SSSR count). The molecule has 0 aliphatic carbocycles. The van der Waals surface area contributed by atoms with Crippen LogP contribution >= 0.6 is 0 Å². The first-order valence-corrected chi connectivity index (χ1v) is 9.10. The van der Waals surface area contributed by atoms with E-state index >= 15 is 0 Å². The minimum atomic E-state index is -1.44. The van der Waals surface area contributed by atoms with Crippen LogP contribution in [0.3, 0.4) is 0 Å². The van der Waals surface area contributed by atoms with Gasteiger partial charge in [-0.15, -0.1) is 0 Å². The molecule has 0 aromatic rings. The summed E-state index contributed by atoms with van der Waals surface area (Å²) >= 11 is -1.44. The molecule has 0 saturated heterocycles. The third-order valence-corrected chi connectivity index (χ3v) is 7.35. The van der Waals surface area contributed by atoms with Gasteiger partial charge in [0.2, 0.25) is 0 Å². The summed E-state index contributed by atoms with van der Waals surface area (Å²) in [6.07, 6.45) is 4.30. The average Bonchev–Trinajstić information content (AvgIpc) is 2.14. The number of allylic oxidation sites excluding steroid dienone is 2. The molecular weight excluding hydrogens is 191 g/mol. The number of carbonyl (C=O) groups excluding carboxylic acids is 1. The second-order valence-electron chi connectivity index (χ2n) is 1.84. The van der Waals surface area contributed by atoms with Crippen molar-refractivity contribution in [2.45, 2.75) is 8.35 Å². The molecule has 0 N–H and O–H groups in total. The summed E-state index contributed by atoms with van der Waals surface area (Å²) in [6.45, 7) is 0. The van der Waals surface area contributed by atoms with Gasteiger partial charge in [-0.3, -0.25) is 0 Å². The molecule has 0 bridgehead atoms. The van der Waals surface area contributed by atoms with Crippen LogP contribution in [0.5, 0.6) is 0 Å². The van der Waals surface area contributed by atoms with E-state index in [4.69, 9.17) is 0 Å². The fourth-order valence-electron chi connectivity index (χ4n) is 0.749. The molecule has 0 saturated carbocycles. The van der Waals surface area contributed by atoms with Crippen LogP contribution in [0.4, 0.5) is 0 Å². The van der Waals surface area contributed by atoms with E-state index in [-0.39, 0.29) is 0 Å². The fourth-order valence-corrected chi connectivity index (χ4v) is 5.03. The van der Waals surface area contributed by atoms with Gasteiger partial charge in [-0.1, -0.05) is 0 Å². The number of rotatable bonds is 1. The summed E-state index contributed by atoms with van der Waals surface area (Å²) in [5, 5.41) is 0. The van der Waals surface area contributed by atoms with Gasteiger partial charge in [0, 0.05) is 0 Å². The van der Waals surface area contributed by atoms with Crippen LogP contribution in [0.15, 0.2) is 12.2 Å². The minimum absolute atomic E-state index is 1.17. The Hall–Kier alpha value is 0.280. The molecule has 0 unspecified atom stereocenters. The quantitative estimate of drug-likeness (QED) is 0.450. The van der Waals surface area contributed by atoms with Crippen molar-refractivity contribution in [1.29, 1.82) is 0 Å². The van der Waals surface area contributed by atoms with E-state index in [1.807, 2.05) is 0 Å². The van der Waals surface area contributed by atoms with Crippen molar-refractivity contribution in [3.8, 4) is 0 Å². The number of carbonyl (C=O) groups is 1. The molecule has 0 aromatic carbocycles. The van der Waals surface area contributed by atoms with E-state index in [0.717, 1.165) is 0 Å². The molecule has 0 spiro atoms. The molecule has 0 radical (unpaired) electrons. The summed E-state index contributed by atoms with van der Waals surface area (Å²) in [5.41, 5.74) is 0. The molecule has 0 aromatic heterocycles. The predicted octanol–water partition coefficient (Wildman–Crippen LogP) is 0.823. The molecule has 1 aliphatic rings. The summed E-state index contributed by atoms with van der Waals surface area (Å²) in [4.78, 5) is 10.1. The van der Waals surface area contributed by atoms with Gasteiger partial charge in [-0.2, -0.15) is 0 Å². The molecule has 1 aliphatic heterocycles. The Morgan fingerprint density at radius 2 is 2.00 bits per heavy atom. The van der Waals surface area contributed by atoms with E-state index in [1.54, 1.807) is 0 Å². The van der Waals surface area contributed by atoms with Crippen molar-refractivity contribution in [3.05, 3.63) is 12.2 Å². The summed E-state index contributed by atoms with van der Waals surface area (Å²) in [7, 11) is 0. The molecular formula is C5H7InO. The van der Waals surface area contributed by atoms with Crippen LogP contribution in [0.2, 0.25) is 8.35 Å². The Morgan fingerprint density at radius 1 is 1.43 bits per heavy atom. The first kappa shape index (κ1) is 5.42. The van der Waals surface area contributed by atoms with Gasteiger partial charge in [-0.05, 0) is 0 Å². The first-order valence-electron chi connectivity index (χ1n) is 2.54. The SMILES string of the molecule is O=[CH][In]1[CH2]C=C[CH2]1. The van der Waals surface area contributed by atoms with Gasteiger partial charge in [0.25, 0.3) is 0 Å². The van der Waals surface area contributed by atoms with E-state index in [2.05, 4.69) is 12.2 Å². The maximum absolute atomic E-state index is 10.1. The van der Waals surface area contributed by atoms with Gasteiger partial charge in [0.15, 0.2) is 0 Å². The van der Waals surface area contributed by atoms with Crippen LogP contribution in [-0.2, 0) is 4.79 Å². The van der Waals surface area contributed by atoms with Crippen molar-refractivity contribution < 1.29 is 4.79 Å². The van der Waals surface area contributed by atoms with Crippen LogP contribution in [0, 0.1) is 0 Å². The maximum atomic E-state index is 10.1. The summed E-state index contributed by atoms with van der Waals surface area (Å²) in [5.74, 6) is 0. The fraction of sp³-hybridized carbons (Fsp3) is 0.400. The molecule has 0 amide bonds. The number of hydrogen-bond donors (Lipinski definition) is 0. The second-order valence-corrected chi connectivity index (χ2v) is 9.65. The van der Waals surface area contributed by atoms with Crippen molar-refractivity contribution >= 4 is 25.5 Å². The van der Waals surface area contributed by atoms with Gasteiger partial charge in [0.05, 0.1) is 0 Å². The molecule has 7 heavy (non-hydrogen) atoms. The van der Waals surface area contributed by atoms with Crippen LogP contribution in [0.25, 0.3) is 0 Å². The van der Waals surface area contributed by atoms with E-state index in [0.29, 0.717) is 0 Å². The Labute approximate surface area is 50.9 Å². The van der Waals surface area contributed by atoms with Crippen LogP contribution in [-0.4, -0.2) is 25.5 Å². The van der Waals surface area contributed by atoms with E-state index in [9.17, 15) is 4.79 Å². The average molecular weight is 198 g/mol. The molecule has 1 heterocycles. The molecule has 2 heteroatoms. The van der Waals surface area contributed by atoms with Crippen molar-refractivity contribution in [3.63, 3.8) is 0 Å². The van der Waals surface area contributed by atoms with E-state index < -0.39 is 21.4 Å². The zero-order chi connectivity index (χ0) is 5.11. The van der Waals surface area contributed by atoms with Gasteiger partial charge >= 0.3 is 50.8 Å². The zero-order valence-electron chi connectivity index (χ0n) is 4.13. The third kappa shape index (κ3) is 1.34. The van der Waals surface area contributed by atoms with Gasteiger partial charge in [-0.25, -0.2) is 0 Å². The Kier molecular flexibility index (Phi) is 1.98. The number of hydrogen-bond acceptors (Lipinski definition) is 1. The topological polar surface area (TPSA) is 17.1 Å². The second kappa shape index (κ2) is 2.55. The van der Waals surface area contributed by atoms with Crippen molar-refractivity contribution in [1.82, 2.24) is 0 Å². The summed E-state index contributed by atoms with van der Waals surface area (Å²) in [6, 6.07) is 0. The normalized spacial score (nSPS) is 18.0. The monoisotopic (exact) mass is 198 g/mol. The van der Waals surface area contributed by atoms with Crippen molar-refractivity contribution in [2.24, 2.45) is 0 Å². The van der Waals surface area contributed by atoms with Crippen LogP contribution in [0.1, 0.15) is 0 Å². The Bertz CT molecular complexity index is 90.3. The molecule has 0 fully saturated rings. The van der Waals surface area contributed by atoms with Crippen molar-refractivity contribution in [2.75, 3.05) is 0 Å². The molecule has 36 valence electrons. The van der Waals surface area contributed by atoms with Gasteiger partial charge < -0.3 is 0 Å². The molecule has 1 nitrogen and oxygen atoms in total. The predicted molar refractivity (Wildman–Crippen MR) is 31.3 cm³/mol. The Morgan fingerprint density at radius 3 is 2.29 bits per heavy atom. The third-order valence-electron chi connectivity index (χ3n) is 1.24. The van der Waals surface area contributed by atoms with Gasteiger partial charge in [0.1, 0.15) is 0 Å². The first-order chi connectivity index (χ1) is 3.43. The standard InChI is InChI=1S/C4H6.CHO.In/c1-3-4-2;1-2;/h3-4H,1-2H2;1H;. The van der Waals surface area contributed by atoms with Crippen LogP contribution < -0.4 is 0 Å². The van der Waals surface area contributed by atoms with E-state index in [1.165, 1.54) is 12.4 Å². The molecule has 0 atom stereocenters. The summed E-state index contributed by atoms with van der Waals surface area (Å²) < 4.78 is 3.58. The zero-order valence-corrected chi connectivity index (χ0v) is 7.43.